The molecule has 0 saturated heterocycles. The van der Waals surface area contributed by atoms with Gasteiger partial charge in [-0.05, 0) is 47.2 Å². The molecule has 1 amide bonds. The van der Waals surface area contributed by atoms with Gasteiger partial charge in [0.2, 0.25) is 5.91 Å². The van der Waals surface area contributed by atoms with Gasteiger partial charge in [0.05, 0.1) is 12.6 Å². The summed E-state index contributed by atoms with van der Waals surface area (Å²) in [5.74, 6) is -0.489. The Morgan fingerprint density at radius 1 is 1.41 bits per heavy atom. The van der Waals surface area contributed by atoms with Crippen LogP contribution < -0.4 is 5.32 Å². The van der Waals surface area contributed by atoms with Gasteiger partial charge < -0.3 is 10.4 Å². The second-order valence-electron chi connectivity index (χ2n) is 4.87. The van der Waals surface area contributed by atoms with E-state index >= 15 is 0 Å². The quantitative estimate of drug-likeness (QED) is 0.798. The lowest BCUT2D eigenvalue weighted by Crippen LogP contribution is -2.26. The lowest BCUT2D eigenvalue weighted by molar-refractivity contribution is -0.117. The molecule has 2 aromatic rings. The normalized spacial score (nSPS) is 12.5. The molecule has 1 aromatic heterocycles. The monoisotopic (exact) mass is 319 g/mol. The van der Waals surface area contributed by atoms with Crippen molar-refractivity contribution in [3.05, 3.63) is 63.6 Å². The van der Waals surface area contributed by atoms with Gasteiger partial charge in [-0.15, -0.1) is 11.3 Å². The summed E-state index contributed by atoms with van der Waals surface area (Å²) in [6, 6.07) is 7.84. The third kappa shape index (κ3) is 4.51. The molecule has 2 rings (SSSR count). The van der Waals surface area contributed by atoms with Gasteiger partial charge in [-0.2, -0.15) is 0 Å². The summed E-state index contributed by atoms with van der Waals surface area (Å²) >= 11 is 1.47. The highest BCUT2D eigenvalue weighted by atomic mass is 32.1. The van der Waals surface area contributed by atoms with Crippen LogP contribution in [-0.2, 0) is 11.4 Å². The molecule has 1 aromatic carbocycles. The number of hydrogen-bond acceptors (Lipinski definition) is 3. The van der Waals surface area contributed by atoms with E-state index in [2.05, 4.69) is 5.32 Å². The summed E-state index contributed by atoms with van der Waals surface area (Å²) in [5, 5.41) is 13.8. The van der Waals surface area contributed by atoms with Crippen LogP contribution in [0.25, 0.3) is 6.08 Å². The van der Waals surface area contributed by atoms with Crippen molar-refractivity contribution in [2.45, 2.75) is 26.0 Å². The molecule has 116 valence electrons. The molecular weight excluding hydrogens is 301 g/mol. The highest BCUT2D eigenvalue weighted by Crippen LogP contribution is 2.18. The third-order valence-corrected chi connectivity index (χ3v) is 4.20. The van der Waals surface area contributed by atoms with Crippen molar-refractivity contribution >= 4 is 23.3 Å². The van der Waals surface area contributed by atoms with Crippen LogP contribution in [0.3, 0.4) is 0 Å². The number of rotatable bonds is 6. The maximum atomic E-state index is 12.9. The zero-order chi connectivity index (χ0) is 15.9. The fourth-order valence-corrected chi connectivity index (χ4v) is 2.85. The van der Waals surface area contributed by atoms with E-state index in [-0.39, 0.29) is 24.4 Å². The SMILES string of the molecule is CCC(NC(=O)/C=C/c1cc(CO)cs1)c1ccc(F)cc1. The Morgan fingerprint density at radius 2 is 2.14 bits per heavy atom. The van der Waals surface area contributed by atoms with Gasteiger partial charge in [0.1, 0.15) is 5.82 Å². The minimum absolute atomic E-state index is 0.000980. The number of aliphatic hydroxyl groups is 1. The van der Waals surface area contributed by atoms with Crippen LogP contribution >= 0.6 is 11.3 Å². The fraction of sp³-hybridized carbons (Fsp3) is 0.235. The maximum absolute atomic E-state index is 12.9. The molecule has 0 fully saturated rings. The molecule has 5 heteroatoms. The molecule has 0 saturated carbocycles. The van der Waals surface area contributed by atoms with Gasteiger partial charge >= 0.3 is 0 Å². The Bertz CT molecular complexity index is 649. The lowest BCUT2D eigenvalue weighted by atomic mass is 10.0. The number of benzene rings is 1. The fourth-order valence-electron chi connectivity index (χ4n) is 2.06. The summed E-state index contributed by atoms with van der Waals surface area (Å²) in [4.78, 5) is 12.9. The number of halogens is 1. The van der Waals surface area contributed by atoms with Gasteiger partial charge in [-0.25, -0.2) is 4.39 Å². The smallest absolute Gasteiger partial charge is 0.244 e. The molecule has 0 radical (unpaired) electrons. The number of amides is 1. The van der Waals surface area contributed by atoms with E-state index in [1.807, 2.05) is 18.4 Å². The highest BCUT2D eigenvalue weighted by molar-refractivity contribution is 7.11. The summed E-state index contributed by atoms with van der Waals surface area (Å²) in [6.07, 6.45) is 3.91. The maximum Gasteiger partial charge on any atom is 0.244 e. The predicted octanol–water partition coefficient (Wildman–Crippen LogP) is 3.66. The second kappa shape index (κ2) is 7.87. The van der Waals surface area contributed by atoms with Gasteiger partial charge in [0.15, 0.2) is 0 Å². The largest absolute Gasteiger partial charge is 0.392 e. The molecule has 0 spiro atoms. The van der Waals surface area contributed by atoms with Gasteiger partial charge in [-0.1, -0.05) is 19.1 Å². The van der Waals surface area contributed by atoms with Crippen LogP contribution in [0.5, 0.6) is 0 Å². The van der Waals surface area contributed by atoms with E-state index in [0.717, 1.165) is 22.4 Å². The number of aliphatic hydroxyl groups excluding tert-OH is 1. The van der Waals surface area contributed by atoms with E-state index in [9.17, 15) is 9.18 Å². The summed E-state index contributed by atoms with van der Waals surface area (Å²) in [6.45, 7) is 1.96. The summed E-state index contributed by atoms with van der Waals surface area (Å²) < 4.78 is 12.9. The molecule has 0 aliphatic rings. The second-order valence-corrected chi connectivity index (χ2v) is 5.81. The first-order valence-corrected chi connectivity index (χ1v) is 7.92. The number of hydrogen-bond donors (Lipinski definition) is 2. The first-order chi connectivity index (χ1) is 10.6. The zero-order valence-corrected chi connectivity index (χ0v) is 13.1. The van der Waals surface area contributed by atoms with Crippen LogP contribution in [0.1, 0.15) is 35.4 Å². The lowest BCUT2D eigenvalue weighted by Gasteiger charge is -2.16. The first-order valence-electron chi connectivity index (χ1n) is 7.04. The Labute approximate surface area is 133 Å². The molecule has 22 heavy (non-hydrogen) atoms. The predicted molar refractivity (Wildman–Crippen MR) is 86.9 cm³/mol. The minimum Gasteiger partial charge on any atom is -0.392 e. The minimum atomic E-state index is -0.290. The third-order valence-electron chi connectivity index (χ3n) is 3.25. The molecule has 1 unspecified atom stereocenters. The van der Waals surface area contributed by atoms with Crippen LogP contribution in [0.2, 0.25) is 0 Å². The molecule has 3 nitrogen and oxygen atoms in total. The molecule has 1 atom stereocenters. The van der Waals surface area contributed by atoms with E-state index in [1.165, 1.54) is 29.5 Å². The highest BCUT2D eigenvalue weighted by Gasteiger charge is 2.11. The molecule has 0 aliphatic carbocycles. The molecule has 1 heterocycles. The number of nitrogens with one attached hydrogen (secondary N) is 1. The standard InChI is InChI=1S/C17H18FNO2S/c1-2-16(13-3-5-14(18)6-4-13)19-17(21)8-7-15-9-12(10-20)11-22-15/h3-9,11,16,20H,2,10H2,1H3,(H,19,21)/b8-7+. The van der Waals surface area contributed by atoms with Gasteiger partial charge in [0.25, 0.3) is 0 Å². The van der Waals surface area contributed by atoms with E-state index in [4.69, 9.17) is 5.11 Å². The van der Waals surface area contributed by atoms with Crippen molar-refractivity contribution in [2.75, 3.05) is 0 Å². The van der Waals surface area contributed by atoms with Crippen LogP contribution in [0.15, 0.2) is 41.8 Å². The van der Waals surface area contributed by atoms with Crippen LogP contribution in [-0.4, -0.2) is 11.0 Å². The van der Waals surface area contributed by atoms with Crippen LogP contribution in [0, 0.1) is 5.82 Å². The van der Waals surface area contributed by atoms with Crippen molar-refractivity contribution in [3.8, 4) is 0 Å². The van der Waals surface area contributed by atoms with E-state index < -0.39 is 0 Å². The topological polar surface area (TPSA) is 49.3 Å². The molecule has 0 aliphatic heterocycles. The van der Waals surface area contributed by atoms with Crippen molar-refractivity contribution in [1.82, 2.24) is 5.32 Å². The molecular formula is C17H18FNO2S. The average Bonchev–Trinajstić information content (AvgIpc) is 2.99. The number of carbonyl (C=O) groups excluding carboxylic acids is 1. The van der Waals surface area contributed by atoms with Crippen LogP contribution in [0.4, 0.5) is 4.39 Å². The van der Waals surface area contributed by atoms with Gasteiger partial charge in [-0.3, -0.25) is 4.79 Å². The number of carbonyl (C=O) groups is 1. The summed E-state index contributed by atoms with van der Waals surface area (Å²) in [5.41, 5.74) is 1.71. The molecule has 2 N–H and O–H groups in total. The molecule has 0 bridgehead atoms. The van der Waals surface area contributed by atoms with Gasteiger partial charge in [0, 0.05) is 11.0 Å². The first kappa shape index (κ1) is 16.4. The zero-order valence-electron chi connectivity index (χ0n) is 12.3. The Kier molecular flexibility index (Phi) is 5.86. The Hall–Kier alpha value is -1.98. The summed E-state index contributed by atoms with van der Waals surface area (Å²) in [7, 11) is 0. The van der Waals surface area contributed by atoms with E-state index in [1.54, 1.807) is 18.2 Å². The van der Waals surface area contributed by atoms with Crippen molar-refractivity contribution in [2.24, 2.45) is 0 Å². The Morgan fingerprint density at radius 3 is 2.73 bits per heavy atom. The number of thiophene rings is 1. The Balaban J connectivity index is 1.98. The van der Waals surface area contributed by atoms with Crippen molar-refractivity contribution in [1.29, 1.82) is 0 Å². The van der Waals surface area contributed by atoms with Crippen molar-refractivity contribution < 1.29 is 14.3 Å². The van der Waals surface area contributed by atoms with E-state index in [0.29, 0.717) is 0 Å². The van der Waals surface area contributed by atoms with Crippen molar-refractivity contribution in [3.63, 3.8) is 0 Å². The average molecular weight is 319 g/mol.